The molecule has 6 heteroatoms. The molecule has 4 nitrogen and oxygen atoms in total. The number of nitrogens with one attached hydrogen (secondary N) is 2. The normalized spacial score (nSPS) is 18.8. The Morgan fingerprint density at radius 3 is 2.21 bits per heavy atom. The van der Waals surface area contributed by atoms with Crippen LogP contribution in [0, 0.1) is 18.8 Å². The number of aryl methyl sites for hydroxylation is 1. The van der Waals surface area contributed by atoms with Crippen LogP contribution in [0.1, 0.15) is 12.0 Å². The van der Waals surface area contributed by atoms with Crippen molar-refractivity contribution in [2.45, 2.75) is 13.3 Å². The SMILES string of the molecule is Cc1ccc(NC(=O)C2CC2C(=O)Nc2ccc(Cl)cc2Cl)cc1. The quantitative estimate of drug-likeness (QED) is 0.839. The van der Waals surface area contributed by atoms with Gasteiger partial charge in [-0.2, -0.15) is 0 Å². The fraction of sp³-hybridized carbons (Fsp3) is 0.222. The van der Waals surface area contributed by atoms with E-state index in [1.807, 2.05) is 31.2 Å². The fourth-order valence-electron chi connectivity index (χ4n) is 2.46. The van der Waals surface area contributed by atoms with Gasteiger partial charge in [-0.25, -0.2) is 0 Å². The van der Waals surface area contributed by atoms with Crippen LogP contribution >= 0.6 is 23.2 Å². The summed E-state index contributed by atoms with van der Waals surface area (Å²) in [5.41, 5.74) is 2.35. The highest BCUT2D eigenvalue weighted by atomic mass is 35.5. The molecule has 0 aromatic heterocycles. The molecule has 0 heterocycles. The lowest BCUT2D eigenvalue weighted by Gasteiger charge is -2.08. The Balaban J connectivity index is 1.57. The molecular weight excluding hydrogens is 347 g/mol. The number of hydrogen-bond donors (Lipinski definition) is 2. The summed E-state index contributed by atoms with van der Waals surface area (Å²) in [5, 5.41) is 6.45. The summed E-state index contributed by atoms with van der Waals surface area (Å²) in [4.78, 5) is 24.4. The molecule has 124 valence electrons. The van der Waals surface area contributed by atoms with Crippen molar-refractivity contribution in [1.82, 2.24) is 0 Å². The van der Waals surface area contributed by atoms with Crippen molar-refractivity contribution in [2.24, 2.45) is 11.8 Å². The molecule has 3 rings (SSSR count). The van der Waals surface area contributed by atoms with E-state index in [-0.39, 0.29) is 23.7 Å². The summed E-state index contributed by atoms with van der Waals surface area (Å²) in [5.74, 6) is -0.982. The van der Waals surface area contributed by atoms with Gasteiger partial charge in [0, 0.05) is 10.7 Å². The van der Waals surface area contributed by atoms with Crippen LogP contribution in [0.25, 0.3) is 0 Å². The van der Waals surface area contributed by atoms with E-state index in [2.05, 4.69) is 10.6 Å². The first-order chi connectivity index (χ1) is 11.4. The number of anilines is 2. The molecule has 2 aromatic rings. The minimum absolute atomic E-state index is 0.138. The van der Waals surface area contributed by atoms with E-state index in [9.17, 15) is 9.59 Å². The second-order valence-electron chi connectivity index (χ2n) is 5.92. The smallest absolute Gasteiger partial charge is 0.228 e. The van der Waals surface area contributed by atoms with Crippen molar-refractivity contribution >= 4 is 46.4 Å². The molecule has 2 aromatic carbocycles. The monoisotopic (exact) mass is 362 g/mol. The van der Waals surface area contributed by atoms with E-state index in [1.54, 1.807) is 18.2 Å². The summed E-state index contributed by atoms with van der Waals surface area (Å²) in [6, 6.07) is 12.4. The van der Waals surface area contributed by atoms with Crippen LogP contribution in [-0.4, -0.2) is 11.8 Å². The van der Waals surface area contributed by atoms with Crippen LogP contribution in [0.2, 0.25) is 10.0 Å². The summed E-state index contributed by atoms with van der Waals surface area (Å²) in [7, 11) is 0. The first-order valence-electron chi connectivity index (χ1n) is 7.57. The van der Waals surface area contributed by atoms with Crippen molar-refractivity contribution in [1.29, 1.82) is 0 Å². The molecule has 1 fully saturated rings. The summed E-state index contributed by atoms with van der Waals surface area (Å²) in [6.45, 7) is 1.98. The average Bonchev–Trinajstić information content (AvgIpc) is 3.33. The Bertz CT molecular complexity index is 790. The lowest BCUT2D eigenvalue weighted by Crippen LogP contribution is -2.20. The van der Waals surface area contributed by atoms with Crippen LogP contribution < -0.4 is 10.6 Å². The van der Waals surface area contributed by atoms with Crippen molar-refractivity contribution in [3.05, 3.63) is 58.1 Å². The van der Waals surface area contributed by atoms with Gasteiger partial charge in [-0.15, -0.1) is 0 Å². The minimum atomic E-state index is -0.331. The van der Waals surface area contributed by atoms with E-state index in [0.717, 1.165) is 11.3 Å². The Morgan fingerprint density at radius 2 is 1.58 bits per heavy atom. The van der Waals surface area contributed by atoms with Gasteiger partial charge in [-0.05, 0) is 43.7 Å². The van der Waals surface area contributed by atoms with E-state index < -0.39 is 0 Å². The van der Waals surface area contributed by atoms with Crippen LogP contribution in [0.3, 0.4) is 0 Å². The fourth-order valence-corrected chi connectivity index (χ4v) is 2.92. The molecule has 2 amide bonds. The number of rotatable bonds is 4. The topological polar surface area (TPSA) is 58.2 Å². The van der Waals surface area contributed by atoms with Crippen LogP contribution in [0.4, 0.5) is 11.4 Å². The van der Waals surface area contributed by atoms with Gasteiger partial charge in [0.1, 0.15) is 0 Å². The van der Waals surface area contributed by atoms with Gasteiger partial charge >= 0.3 is 0 Å². The Kier molecular flexibility index (Phi) is 4.78. The van der Waals surface area contributed by atoms with Crippen molar-refractivity contribution in [3.63, 3.8) is 0 Å². The van der Waals surface area contributed by atoms with Gasteiger partial charge in [0.25, 0.3) is 0 Å². The molecule has 0 spiro atoms. The third-order valence-electron chi connectivity index (χ3n) is 3.97. The number of carbonyl (C=O) groups excluding carboxylic acids is 2. The van der Waals surface area contributed by atoms with Gasteiger partial charge in [-0.1, -0.05) is 40.9 Å². The van der Waals surface area contributed by atoms with Gasteiger partial charge in [0.15, 0.2) is 0 Å². The highest BCUT2D eigenvalue weighted by Crippen LogP contribution is 2.40. The zero-order chi connectivity index (χ0) is 17.3. The maximum Gasteiger partial charge on any atom is 0.228 e. The second kappa shape index (κ2) is 6.83. The third kappa shape index (κ3) is 3.89. The van der Waals surface area contributed by atoms with Crippen LogP contribution in [0.15, 0.2) is 42.5 Å². The predicted molar refractivity (Wildman–Crippen MR) is 96.5 cm³/mol. The lowest BCUT2D eigenvalue weighted by molar-refractivity contribution is -0.122. The molecule has 0 aliphatic heterocycles. The number of benzene rings is 2. The molecule has 2 atom stereocenters. The highest BCUT2D eigenvalue weighted by molar-refractivity contribution is 6.36. The molecule has 24 heavy (non-hydrogen) atoms. The zero-order valence-corrected chi connectivity index (χ0v) is 14.5. The minimum Gasteiger partial charge on any atom is -0.326 e. The Hall–Kier alpha value is -2.04. The summed E-state index contributed by atoms with van der Waals surface area (Å²) in [6.07, 6.45) is 0.536. The van der Waals surface area contributed by atoms with Crippen molar-refractivity contribution in [2.75, 3.05) is 10.6 Å². The van der Waals surface area contributed by atoms with Gasteiger partial charge < -0.3 is 10.6 Å². The van der Waals surface area contributed by atoms with E-state index in [1.165, 1.54) is 0 Å². The third-order valence-corrected chi connectivity index (χ3v) is 4.52. The van der Waals surface area contributed by atoms with Gasteiger partial charge in [0.05, 0.1) is 22.5 Å². The molecule has 1 aliphatic carbocycles. The first kappa shape index (κ1) is 16.8. The molecule has 2 unspecified atom stereocenters. The molecule has 1 saturated carbocycles. The Labute approximate surface area is 150 Å². The molecule has 0 bridgehead atoms. The largest absolute Gasteiger partial charge is 0.326 e. The standard InChI is InChI=1S/C18H16Cl2N2O2/c1-10-2-5-12(6-3-10)21-17(23)13-9-14(13)18(24)22-16-7-4-11(19)8-15(16)20/h2-8,13-14H,9H2,1H3,(H,21,23)(H,22,24). The van der Waals surface area contributed by atoms with Gasteiger partial charge in [-0.3, -0.25) is 9.59 Å². The average molecular weight is 363 g/mol. The number of halogens is 2. The molecule has 0 radical (unpaired) electrons. The molecular formula is C18H16Cl2N2O2. The van der Waals surface area contributed by atoms with E-state index >= 15 is 0 Å². The number of hydrogen-bond acceptors (Lipinski definition) is 2. The summed E-state index contributed by atoms with van der Waals surface area (Å²) < 4.78 is 0. The Morgan fingerprint density at radius 1 is 0.958 bits per heavy atom. The zero-order valence-electron chi connectivity index (χ0n) is 13.0. The van der Waals surface area contributed by atoms with Crippen LogP contribution in [-0.2, 0) is 9.59 Å². The predicted octanol–water partition coefficient (Wildman–Crippen LogP) is 4.52. The van der Waals surface area contributed by atoms with Gasteiger partial charge in [0.2, 0.25) is 11.8 Å². The molecule has 2 N–H and O–H groups in total. The lowest BCUT2D eigenvalue weighted by atomic mass is 10.2. The highest BCUT2D eigenvalue weighted by Gasteiger charge is 2.48. The molecule has 1 aliphatic rings. The maximum atomic E-state index is 12.2. The maximum absolute atomic E-state index is 12.2. The number of carbonyl (C=O) groups is 2. The number of amides is 2. The second-order valence-corrected chi connectivity index (χ2v) is 6.76. The van der Waals surface area contributed by atoms with Crippen LogP contribution in [0.5, 0.6) is 0 Å². The van der Waals surface area contributed by atoms with Crippen molar-refractivity contribution in [3.8, 4) is 0 Å². The van der Waals surface area contributed by atoms with E-state index in [0.29, 0.717) is 22.2 Å². The summed E-state index contributed by atoms with van der Waals surface area (Å²) >= 11 is 11.9. The first-order valence-corrected chi connectivity index (χ1v) is 8.33. The molecule has 0 saturated heterocycles. The van der Waals surface area contributed by atoms with Crippen molar-refractivity contribution < 1.29 is 9.59 Å². The van der Waals surface area contributed by atoms with E-state index in [4.69, 9.17) is 23.2 Å².